The smallest absolute Gasteiger partial charge is 0.320 e. The van der Waals surface area contributed by atoms with Crippen LogP contribution in [-0.2, 0) is 19.1 Å². The number of carbonyl (C=O) groups is 2. The van der Waals surface area contributed by atoms with Gasteiger partial charge in [-0.3, -0.25) is 9.59 Å². The van der Waals surface area contributed by atoms with E-state index in [1.54, 1.807) is 0 Å². The highest BCUT2D eigenvalue weighted by molar-refractivity contribution is 5.95. The van der Waals surface area contributed by atoms with E-state index in [-0.39, 0.29) is 19.1 Å². The first kappa shape index (κ1) is 16.2. The Morgan fingerprint density at radius 1 is 1.08 bits per heavy atom. The fraction of sp³-hybridized carbons (Fsp3) is 0.263. The Balaban J connectivity index is 1.72. The Bertz CT molecular complexity index is 659. The molecule has 0 spiro atoms. The van der Waals surface area contributed by atoms with Gasteiger partial charge in [0.25, 0.3) is 0 Å². The molecule has 5 nitrogen and oxygen atoms in total. The number of ether oxygens (including phenoxy) is 2. The van der Waals surface area contributed by atoms with Crippen LogP contribution in [0.4, 0.5) is 0 Å². The Morgan fingerprint density at radius 2 is 1.62 bits per heavy atom. The minimum absolute atomic E-state index is 0.143. The number of rotatable bonds is 6. The fourth-order valence-corrected chi connectivity index (χ4v) is 2.80. The van der Waals surface area contributed by atoms with Crippen LogP contribution >= 0.6 is 0 Å². The maximum Gasteiger partial charge on any atom is 0.320 e. The number of hydrogen-bond donors (Lipinski definition) is 1. The highest BCUT2D eigenvalue weighted by Crippen LogP contribution is 2.28. The summed E-state index contributed by atoms with van der Waals surface area (Å²) < 4.78 is 11.1. The van der Waals surface area contributed by atoms with E-state index in [0.717, 1.165) is 11.1 Å². The van der Waals surface area contributed by atoms with Crippen LogP contribution < -0.4 is 0 Å². The first-order chi connectivity index (χ1) is 11.6. The van der Waals surface area contributed by atoms with Gasteiger partial charge in [-0.2, -0.15) is 0 Å². The second-order valence-corrected chi connectivity index (χ2v) is 5.72. The Kier molecular flexibility index (Phi) is 4.91. The van der Waals surface area contributed by atoms with Crippen LogP contribution in [0.15, 0.2) is 60.7 Å². The molecule has 1 saturated heterocycles. The summed E-state index contributed by atoms with van der Waals surface area (Å²) in [6.07, 6.45) is -0.687. The predicted octanol–water partition coefficient (Wildman–Crippen LogP) is 2.81. The lowest BCUT2D eigenvalue weighted by Gasteiger charge is -2.20. The van der Waals surface area contributed by atoms with E-state index in [0.29, 0.717) is 0 Å². The van der Waals surface area contributed by atoms with Crippen molar-refractivity contribution in [3.05, 3.63) is 71.8 Å². The molecule has 0 saturated carbocycles. The molecule has 3 rings (SSSR count). The standard InChI is InChI=1S/C19H18O5/c20-18(21)16-11-15(24-19(16)22)12-23-17(13-7-3-1-4-8-13)14-9-5-2-6-10-14/h1-10,15-17H,11-12H2,(H,20,21). The molecule has 0 radical (unpaired) electrons. The van der Waals surface area contributed by atoms with Crippen molar-refractivity contribution in [1.29, 1.82) is 0 Å². The summed E-state index contributed by atoms with van der Waals surface area (Å²) >= 11 is 0. The zero-order chi connectivity index (χ0) is 16.9. The first-order valence-electron chi connectivity index (χ1n) is 7.80. The first-order valence-corrected chi connectivity index (χ1v) is 7.80. The third-order valence-electron chi connectivity index (χ3n) is 4.02. The Labute approximate surface area is 139 Å². The van der Waals surface area contributed by atoms with E-state index >= 15 is 0 Å². The molecule has 2 aromatic carbocycles. The van der Waals surface area contributed by atoms with Gasteiger partial charge >= 0.3 is 11.9 Å². The molecule has 0 amide bonds. The lowest BCUT2D eigenvalue weighted by molar-refractivity contribution is -0.153. The summed E-state index contributed by atoms with van der Waals surface area (Å²) in [4.78, 5) is 22.5. The third kappa shape index (κ3) is 3.63. The molecule has 24 heavy (non-hydrogen) atoms. The van der Waals surface area contributed by atoms with E-state index in [1.165, 1.54) is 0 Å². The summed E-state index contributed by atoms with van der Waals surface area (Å²) in [6, 6.07) is 19.5. The summed E-state index contributed by atoms with van der Waals surface area (Å²) in [5.74, 6) is -2.93. The number of carboxylic acid groups (broad SMARTS) is 1. The number of carbonyl (C=O) groups excluding carboxylic acids is 1. The van der Waals surface area contributed by atoms with Crippen molar-refractivity contribution in [3.63, 3.8) is 0 Å². The molecule has 1 heterocycles. The van der Waals surface area contributed by atoms with Gasteiger partial charge in [0.05, 0.1) is 6.61 Å². The molecule has 1 aliphatic heterocycles. The molecule has 1 fully saturated rings. The number of carboxylic acids is 1. The fourth-order valence-electron chi connectivity index (χ4n) is 2.80. The molecule has 2 aromatic rings. The SMILES string of the molecule is O=C(O)C1CC(COC(c2ccccc2)c2ccccc2)OC1=O. The molecule has 2 unspecified atom stereocenters. The zero-order valence-corrected chi connectivity index (χ0v) is 13.0. The van der Waals surface area contributed by atoms with Crippen LogP contribution in [0.5, 0.6) is 0 Å². The molecule has 1 aliphatic rings. The van der Waals surface area contributed by atoms with E-state index < -0.39 is 24.0 Å². The molecular formula is C19H18O5. The highest BCUT2D eigenvalue weighted by atomic mass is 16.6. The van der Waals surface area contributed by atoms with Crippen molar-refractivity contribution in [2.45, 2.75) is 18.6 Å². The quantitative estimate of drug-likeness (QED) is 0.653. The van der Waals surface area contributed by atoms with Gasteiger partial charge < -0.3 is 14.6 Å². The Morgan fingerprint density at radius 3 is 2.08 bits per heavy atom. The van der Waals surface area contributed by atoms with E-state index in [1.807, 2.05) is 60.7 Å². The van der Waals surface area contributed by atoms with E-state index in [4.69, 9.17) is 14.6 Å². The monoisotopic (exact) mass is 326 g/mol. The van der Waals surface area contributed by atoms with Crippen molar-refractivity contribution >= 4 is 11.9 Å². The predicted molar refractivity (Wildman–Crippen MR) is 86.3 cm³/mol. The van der Waals surface area contributed by atoms with Crippen LogP contribution in [0, 0.1) is 5.92 Å². The minimum atomic E-state index is -1.15. The lowest BCUT2D eigenvalue weighted by Crippen LogP contribution is -2.19. The molecule has 2 atom stereocenters. The summed E-state index contributed by atoms with van der Waals surface area (Å²) in [6.45, 7) is 0.157. The van der Waals surface area contributed by atoms with Gasteiger partial charge in [-0.25, -0.2) is 0 Å². The van der Waals surface area contributed by atoms with Crippen molar-refractivity contribution in [2.75, 3.05) is 6.61 Å². The number of benzene rings is 2. The minimum Gasteiger partial charge on any atom is -0.481 e. The van der Waals surface area contributed by atoms with Crippen LogP contribution in [0.3, 0.4) is 0 Å². The molecule has 124 valence electrons. The van der Waals surface area contributed by atoms with E-state index in [9.17, 15) is 9.59 Å². The Hall–Kier alpha value is -2.66. The molecule has 0 bridgehead atoms. The van der Waals surface area contributed by atoms with Crippen molar-refractivity contribution in [1.82, 2.24) is 0 Å². The van der Waals surface area contributed by atoms with Gasteiger partial charge in [-0.1, -0.05) is 60.7 Å². The molecule has 0 aliphatic carbocycles. The lowest BCUT2D eigenvalue weighted by atomic mass is 10.0. The number of esters is 1. The zero-order valence-electron chi connectivity index (χ0n) is 13.0. The van der Waals surface area contributed by atoms with Gasteiger partial charge in [0.15, 0.2) is 5.92 Å². The molecule has 5 heteroatoms. The van der Waals surface area contributed by atoms with Crippen molar-refractivity contribution in [3.8, 4) is 0 Å². The van der Waals surface area contributed by atoms with Gasteiger partial charge in [-0.15, -0.1) is 0 Å². The summed E-state index contributed by atoms with van der Waals surface area (Å²) in [5.41, 5.74) is 1.98. The molecule has 0 aromatic heterocycles. The second-order valence-electron chi connectivity index (χ2n) is 5.72. The third-order valence-corrected chi connectivity index (χ3v) is 4.02. The average molecular weight is 326 g/mol. The number of aliphatic carboxylic acids is 1. The van der Waals surface area contributed by atoms with Gasteiger partial charge in [-0.05, 0) is 11.1 Å². The van der Waals surface area contributed by atoms with Crippen molar-refractivity contribution < 1.29 is 24.2 Å². The summed E-state index contributed by atoms with van der Waals surface area (Å²) in [7, 11) is 0. The maximum absolute atomic E-state index is 11.6. The second kappa shape index (κ2) is 7.27. The summed E-state index contributed by atoms with van der Waals surface area (Å²) in [5, 5.41) is 8.99. The average Bonchev–Trinajstić information content (AvgIpc) is 2.98. The largest absolute Gasteiger partial charge is 0.481 e. The van der Waals surface area contributed by atoms with Gasteiger partial charge in [0.2, 0.25) is 0 Å². The normalized spacial score (nSPS) is 20.1. The van der Waals surface area contributed by atoms with Crippen LogP contribution in [-0.4, -0.2) is 29.8 Å². The number of hydrogen-bond acceptors (Lipinski definition) is 4. The molecular weight excluding hydrogens is 308 g/mol. The van der Waals surface area contributed by atoms with E-state index in [2.05, 4.69) is 0 Å². The van der Waals surface area contributed by atoms with Gasteiger partial charge in [0, 0.05) is 6.42 Å². The molecule has 1 N–H and O–H groups in total. The highest BCUT2D eigenvalue weighted by Gasteiger charge is 2.40. The van der Waals surface area contributed by atoms with Crippen LogP contribution in [0.2, 0.25) is 0 Å². The van der Waals surface area contributed by atoms with Crippen molar-refractivity contribution in [2.24, 2.45) is 5.92 Å². The maximum atomic E-state index is 11.6. The van der Waals surface area contributed by atoms with Crippen LogP contribution in [0.25, 0.3) is 0 Å². The van der Waals surface area contributed by atoms with Crippen LogP contribution in [0.1, 0.15) is 23.7 Å². The topological polar surface area (TPSA) is 72.8 Å². The number of cyclic esters (lactones) is 1. The van der Waals surface area contributed by atoms with Gasteiger partial charge in [0.1, 0.15) is 12.2 Å².